The van der Waals surface area contributed by atoms with Crippen LogP contribution in [0, 0.1) is 0 Å². The van der Waals surface area contributed by atoms with Crippen LogP contribution in [0.2, 0.25) is 0 Å². The topological polar surface area (TPSA) is 38.4 Å². The van der Waals surface area contributed by atoms with E-state index < -0.39 is 0 Å². The van der Waals surface area contributed by atoms with Gasteiger partial charge in [0.15, 0.2) is 5.76 Å². The van der Waals surface area contributed by atoms with Crippen LogP contribution >= 0.6 is 24.0 Å². The minimum absolute atomic E-state index is 0.680. The van der Waals surface area contributed by atoms with Crippen LogP contribution < -0.4 is 0 Å². The molecule has 3 nitrogen and oxygen atoms in total. The summed E-state index contributed by atoms with van der Waals surface area (Å²) in [6.07, 6.45) is 2.73. The lowest BCUT2D eigenvalue weighted by atomic mass is 10.2. The van der Waals surface area contributed by atoms with Gasteiger partial charge < -0.3 is 4.42 Å². The van der Waals surface area contributed by atoms with Gasteiger partial charge in [0.05, 0.1) is 17.0 Å². The van der Waals surface area contributed by atoms with Crippen LogP contribution in [0.25, 0.3) is 11.3 Å². The first-order chi connectivity index (χ1) is 11.3. The lowest BCUT2D eigenvalue weighted by Crippen LogP contribution is -1.87. The van der Waals surface area contributed by atoms with Crippen LogP contribution in [-0.2, 0) is 6.42 Å². The molecule has 1 aromatic heterocycles. The average Bonchev–Trinajstić information content (AvgIpc) is 3.05. The number of thiocarbonyl (C=S) groups is 1. The second-order valence-corrected chi connectivity index (χ2v) is 6.06. The van der Waals surface area contributed by atoms with E-state index >= 15 is 0 Å². The molecule has 0 N–H and O–H groups in total. The van der Waals surface area contributed by atoms with Crippen molar-refractivity contribution in [3.63, 3.8) is 0 Å². The van der Waals surface area contributed by atoms with Gasteiger partial charge in [0.2, 0.25) is 0 Å². The fraction of sp³-hybridized carbons (Fsp3) is 0.111. The van der Waals surface area contributed by atoms with Crippen LogP contribution in [0.1, 0.15) is 5.56 Å². The zero-order chi connectivity index (χ0) is 15.9. The summed E-state index contributed by atoms with van der Waals surface area (Å²) in [6, 6.07) is 18.0. The molecule has 0 aliphatic carbocycles. The third-order valence-corrected chi connectivity index (χ3v) is 4.18. The molecule has 0 amide bonds. The highest BCUT2D eigenvalue weighted by Crippen LogP contribution is 2.28. The minimum Gasteiger partial charge on any atom is -0.431 e. The Balaban J connectivity index is 1.64. The molecule has 0 saturated carbocycles. The Labute approximate surface area is 144 Å². The largest absolute Gasteiger partial charge is 0.431 e. The lowest BCUT2D eigenvalue weighted by molar-refractivity contribution is 0.466. The van der Waals surface area contributed by atoms with E-state index in [9.17, 15) is 0 Å². The molecule has 23 heavy (non-hydrogen) atoms. The van der Waals surface area contributed by atoms with Gasteiger partial charge in [-0.25, -0.2) is 4.98 Å². The molecule has 114 valence electrons. The van der Waals surface area contributed by atoms with E-state index in [1.807, 2.05) is 30.3 Å². The molecular weight excluding hydrogens is 324 g/mol. The van der Waals surface area contributed by atoms with Crippen molar-refractivity contribution in [2.24, 2.45) is 4.99 Å². The number of oxazole rings is 1. The average molecular weight is 338 g/mol. The monoisotopic (exact) mass is 338 g/mol. The highest BCUT2D eigenvalue weighted by atomic mass is 32.2. The standard InChI is InChI=1S/C18H14N2OS2/c22-13-20-16-8-4-7-15(11-16)17-12-19-18(21-17)23-10-9-14-5-2-1-3-6-14/h1-8,11-12H,9-10H2. The van der Waals surface area contributed by atoms with Gasteiger partial charge >= 0.3 is 0 Å². The van der Waals surface area contributed by atoms with E-state index in [1.54, 1.807) is 18.0 Å². The summed E-state index contributed by atoms with van der Waals surface area (Å²) < 4.78 is 5.80. The smallest absolute Gasteiger partial charge is 0.256 e. The van der Waals surface area contributed by atoms with Gasteiger partial charge in [-0.1, -0.05) is 54.2 Å². The molecule has 0 aliphatic heterocycles. The van der Waals surface area contributed by atoms with Crippen molar-refractivity contribution in [3.8, 4) is 11.3 Å². The van der Waals surface area contributed by atoms with Crippen molar-refractivity contribution in [1.82, 2.24) is 4.98 Å². The summed E-state index contributed by atoms with van der Waals surface area (Å²) in [5, 5.41) is 3.05. The molecule has 0 unspecified atom stereocenters. The minimum atomic E-state index is 0.680. The van der Waals surface area contributed by atoms with E-state index in [2.05, 4.69) is 51.6 Å². The van der Waals surface area contributed by atoms with Gasteiger partial charge in [-0.2, -0.15) is 4.99 Å². The Morgan fingerprint density at radius 2 is 2.00 bits per heavy atom. The summed E-state index contributed by atoms with van der Waals surface area (Å²) in [5.74, 6) is 1.66. The third-order valence-electron chi connectivity index (χ3n) is 3.25. The quantitative estimate of drug-likeness (QED) is 0.342. The predicted octanol–water partition coefficient (Wildman–Crippen LogP) is 5.41. The zero-order valence-electron chi connectivity index (χ0n) is 12.3. The van der Waals surface area contributed by atoms with Crippen LogP contribution in [0.5, 0.6) is 0 Å². The normalized spacial score (nSPS) is 10.3. The first kappa shape index (κ1) is 15.7. The Morgan fingerprint density at radius 3 is 2.83 bits per heavy atom. The van der Waals surface area contributed by atoms with Crippen molar-refractivity contribution in [3.05, 3.63) is 66.4 Å². The lowest BCUT2D eigenvalue weighted by Gasteiger charge is -1.99. The highest BCUT2D eigenvalue weighted by Gasteiger charge is 2.07. The van der Waals surface area contributed by atoms with Crippen molar-refractivity contribution in [1.29, 1.82) is 0 Å². The second kappa shape index (κ2) is 7.88. The number of aliphatic imine (C=N–C) groups is 1. The second-order valence-electron chi connectivity index (χ2n) is 4.83. The number of hydrogen-bond donors (Lipinski definition) is 0. The fourth-order valence-electron chi connectivity index (χ4n) is 2.14. The van der Waals surface area contributed by atoms with Gasteiger partial charge in [-0.3, -0.25) is 0 Å². The molecular formula is C18H14N2OS2. The number of aromatic nitrogens is 1. The van der Waals surface area contributed by atoms with Gasteiger partial charge in [0.25, 0.3) is 5.22 Å². The first-order valence-electron chi connectivity index (χ1n) is 7.16. The van der Waals surface area contributed by atoms with Gasteiger partial charge in [0.1, 0.15) is 0 Å². The van der Waals surface area contributed by atoms with Crippen molar-refractivity contribution < 1.29 is 4.42 Å². The number of nitrogens with zero attached hydrogens (tertiary/aromatic N) is 2. The van der Waals surface area contributed by atoms with Crippen molar-refractivity contribution >= 4 is 34.8 Å². The van der Waals surface area contributed by atoms with Crippen LogP contribution in [0.15, 0.2) is 75.4 Å². The zero-order valence-corrected chi connectivity index (χ0v) is 13.9. The summed E-state index contributed by atoms with van der Waals surface area (Å²) in [7, 11) is 0. The molecule has 3 rings (SSSR count). The molecule has 0 spiro atoms. The number of aryl methyl sites for hydroxylation is 1. The van der Waals surface area contributed by atoms with E-state index in [4.69, 9.17) is 4.42 Å². The van der Waals surface area contributed by atoms with E-state index in [-0.39, 0.29) is 0 Å². The molecule has 3 aromatic rings. The van der Waals surface area contributed by atoms with E-state index in [0.717, 1.165) is 29.2 Å². The number of isothiocyanates is 1. The molecule has 5 heteroatoms. The molecule has 0 radical (unpaired) electrons. The first-order valence-corrected chi connectivity index (χ1v) is 8.55. The molecule has 0 aliphatic rings. The van der Waals surface area contributed by atoms with Crippen LogP contribution in [0.4, 0.5) is 5.69 Å². The molecule has 0 bridgehead atoms. The van der Waals surface area contributed by atoms with Gasteiger partial charge in [0, 0.05) is 11.3 Å². The Hall–Kier alpha value is -2.20. The number of thioether (sulfide) groups is 1. The molecule has 0 atom stereocenters. The molecule has 1 heterocycles. The van der Waals surface area contributed by atoms with E-state index in [0.29, 0.717) is 5.22 Å². The Kier molecular flexibility index (Phi) is 5.37. The maximum absolute atomic E-state index is 5.80. The summed E-state index contributed by atoms with van der Waals surface area (Å²) in [4.78, 5) is 8.31. The maximum atomic E-state index is 5.80. The molecule has 2 aromatic carbocycles. The fourth-order valence-corrected chi connectivity index (χ4v) is 3.03. The number of benzene rings is 2. The highest BCUT2D eigenvalue weighted by molar-refractivity contribution is 7.99. The summed E-state index contributed by atoms with van der Waals surface area (Å²) in [5.41, 5.74) is 3.00. The predicted molar refractivity (Wildman–Crippen MR) is 97.5 cm³/mol. The SMILES string of the molecule is S=C=Nc1cccc(-c2cnc(SCCc3ccccc3)o2)c1. The molecule has 0 saturated heterocycles. The van der Waals surface area contributed by atoms with Crippen molar-refractivity contribution in [2.45, 2.75) is 11.6 Å². The van der Waals surface area contributed by atoms with Crippen LogP contribution in [-0.4, -0.2) is 15.9 Å². The Bertz CT molecular complexity index is 824. The Morgan fingerprint density at radius 1 is 1.13 bits per heavy atom. The van der Waals surface area contributed by atoms with Crippen LogP contribution in [0.3, 0.4) is 0 Å². The summed E-state index contributed by atoms with van der Waals surface area (Å²) in [6.45, 7) is 0. The van der Waals surface area contributed by atoms with Crippen molar-refractivity contribution in [2.75, 3.05) is 5.75 Å². The van der Waals surface area contributed by atoms with E-state index in [1.165, 1.54) is 5.56 Å². The van der Waals surface area contributed by atoms with Gasteiger partial charge in [-0.15, -0.1) is 0 Å². The molecule has 0 fully saturated rings. The number of hydrogen-bond acceptors (Lipinski definition) is 5. The number of rotatable bonds is 6. The third kappa shape index (κ3) is 4.39. The maximum Gasteiger partial charge on any atom is 0.256 e. The summed E-state index contributed by atoms with van der Waals surface area (Å²) >= 11 is 6.25. The van der Waals surface area contributed by atoms with Gasteiger partial charge in [-0.05, 0) is 36.3 Å².